The molecular formula is C33H23Cl2N5O. The van der Waals surface area contributed by atoms with E-state index in [0.29, 0.717) is 32.5 Å². The number of nitrogens with zero attached hydrogens (tertiary/aromatic N) is 5. The molecule has 0 bridgehead atoms. The van der Waals surface area contributed by atoms with Gasteiger partial charge in [0.2, 0.25) is 0 Å². The van der Waals surface area contributed by atoms with Gasteiger partial charge in [-0.05, 0) is 64.7 Å². The zero-order valence-corrected chi connectivity index (χ0v) is 23.4. The number of aliphatic hydroxyl groups is 1. The van der Waals surface area contributed by atoms with Crippen LogP contribution in [0.15, 0.2) is 116 Å². The zero-order chi connectivity index (χ0) is 28.1. The first-order valence-corrected chi connectivity index (χ1v) is 13.8. The van der Waals surface area contributed by atoms with E-state index in [1.165, 1.54) is 0 Å². The molecule has 0 saturated carbocycles. The number of hydrogen-bond donors (Lipinski definition) is 1. The second kappa shape index (κ2) is 9.85. The summed E-state index contributed by atoms with van der Waals surface area (Å²) in [5, 5.41) is 23.8. The number of fused-ring (bicyclic) bond motifs is 3. The number of benzene rings is 4. The smallest absolute Gasteiger partial charge is 0.168 e. The quantitative estimate of drug-likeness (QED) is 0.230. The maximum absolute atomic E-state index is 12.6. The molecule has 1 unspecified atom stereocenters. The minimum Gasteiger partial charge on any atom is -0.374 e. The van der Waals surface area contributed by atoms with Crippen LogP contribution in [0, 0.1) is 0 Å². The standard InChI is InChI=1S/C33H23Cl2N5O/c1-39-20-36-19-30(39)33(41,23-10-13-25(34)14-11-23)24-12-15-29-28(17-24)27(22-8-5-9-26(35)16-22)18-31-37-38-32(40(29)31)21-6-3-2-4-7-21/h2-20,41H,1H3. The molecule has 1 atom stereocenters. The van der Waals surface area contributed by atoms with E-state index >= 15 is 0 Å². The lowest BCUT2D eigenvalue weighted by molar-refractivity contribution is 0.117. The molecule has 3 aromatic heterocycles. The first-order chi connectivity index (χ1) is 19.9. The van der Waals surface area contributed by atoms with E-state index in [0.717, 1.165) is 33.4 Å². The maximum Gasteiger partial charge on any atom is 0.168 e. The van der Waals surface area contributed by atoms with Gasteiger partial charge in [-0.15, -0.1) is 10.2 Å². The first-order valence-electron chi connectivity index (χ1n) is 13.0. The third-order valence-electron chi connectivity index (χ3n) is 7.52. The Labute approximate surface area is 246 Å². The molecule has 0 amide bonds. The van der Waals surface area contributed by atoms with Gasteiger partial charge in [0.15, 0.2) is 17.1 Å². The van der Waals surface area contributed by atoms with Gasteiger partial charge in [0.25, 0.3) is 0 Å². The highest BCUT2D eigenvalue weighted by molar-refractivity contribution is 6.31. The van der Waals surface area contributed by atoms with Crippen LogP contribution in [0.3, 0.4) is 0 Å². The lowest BCUT2D eigenvalue weighted by atomic mass is 9.82. The minimum absolute atomic E-state index is 0.589. The van der Waals surface area contributed by atoms with Crippen molar-refractivity contribution in [1.29, 1.82) is 0 Å². The first kappa shape index (κ1) is 25.5. The maximum atomic E-state index is 12.6. The number of aryl methyl sites for hydroxylation is 1. The lowest BCUT2D eigenvalue weighted by Gasteiger charge is -2.30. The van der Waals surface area contributed by atoms with Gasteiger partial charge in [-0.25, -0.2) is 4.98 Å². The van der Waals surface area contributed by atoms with Gasteiger partial charge in [-0.1, -0.05) is 83.9 Å². The molecule has 3 heterocycles. The van der Waals surface area contributed by atoms with E-state index in [-0.39, 0.29) is 0 Å². The van der Waals surface area contributed by atoms with E-state index < -0.39 is 5.60 Å². The predicted octanol–water partition coefficient (Wildman–Crippen LogP) is 7.54. The van der Waals surface area contributed by atoms with E-state index in [4.69, 9.17) is 23.2 Å². The van der Waals surface area contributed by atoms with Crippen molar-refractivity contribution in [2.45, 2.75) is 5.60 Å². The Hall–Kier alpha value is -4.49. The molecular weight excluding hydrogens is 553 g/mol. The molecule has 7 rings (SSSR count). The van der Waals surface area contributed by atoms with Crippen molar-refractivity contribution in [2.75, 3.05) is 0 Å². The van der Waals surface area contributed by atoms with Crippen LogP contribution in [0.5, 0.6) is 0 Å². The van der Waals surface area contributed by atoms with Gasteiger partial charge in [0.1, 0.15) is 0 Å². The number of pyridine rings is 1. The Kier molecular flexibility index (Phi) is 6.12. The molecule has 8 heteroatoms. The van der Waals surface area contributed by atoms with Crippen LogP contribution in [0.1, 0.15) is 16.8 Å². The van der Waals surface area contributed by atoms with Crippen molar-refractivity contribution in [3.63, 3.8) is 0 Å². The van der Waals surface area contributed by atoms with Crippen molar-refractivity contribution in [3.8, 4) is 22.5 Å². The molecule has 1 N–H and O–H groups in total. The summed E-state index contributed by atoms with van der Waals surface area (Å²) in [6.45, 7) is 0. The van der Waals surface area contributed by atoms with Crippen molar-refractivity contribution in [1.82, 2.24) is 24.1 Å². The number of halogens is 2. The Morgan fingerprint density at radius 3 is 2.22 bits per heavy atom. The molecule has 0 radical (unpaired) electrons. The molecule has 200 valence electrons. The summed E-state index contributed by atoms with van der Waals surface area (Å²) in [5.41, 5.74) is 4.87. The summed E-state index contributed by atoms with van der Waals surface area (Å²) >= 11 is 12.7. The fraction of sp³-hybridized carbons (Fsp3) is 0.0606. The predicted molar refractivity (Wildman–Crippen MR) is 163 cm³/mol. The summed E-state index contributed by atoms with van der Waals surface area (Å²) < 4.78 is 3.88. The van der Waals surface area contributed by atoms with Crippen molar-refractivity contribution < 1.29 is 5.11 Å². The summed E-state index contributed by atoms with van der Waals surface area (Å²) in [6, 6.07) is 33.0. The van der Waals surface area contributed by atoms with Crippen LogP contribution in [-0.4, -0.2) is 29.3 Å². The number of imidazole rings is 1. The topological polar surface area (TPSA) is 68.2 Å². The Balaban J connectivity index is 1.57. The summed E-state index contributed by atoms with van der Waals surface area (Å²) in [4.78, 5) is 4.31. The molecule has 0 spiro atoms. The Morgan fingerprint density at radius 2 is 1.49 bits per heavy atom. The lowest BCUT2D eigenvalue weighted by Crippen LogP contribution is -2.31. The number of rotatable bonds is 5. The zero-order valence-electron chi connectivity index (χ0n) is 21.9. The summed E-state index contributed by atoms with van der Waals surface area (Å²) in [6.07, 6.45) is 3.37. The fourth-order valence-electron chi connectivity index (χ4n) is 5.53. The fourth-order valence-corrected chi connectivity index (χ4v) is 5.85. The summed E-state index contributed by atoms with van der Waals surface area (Å²) in [7, 11) is 1.87. The third kappa shape index (κ3) is 4.19. The molecule has 7 aromatic rings. The molecule has 41 heavy (non-hydrogen) atoms. The highest BCUT2D eigenvalue weighted by Crippen LogP contribution is 2.41. The van der Waals surface area contributed by atoms with Crippen LogP contribution in [-0.2, 0) is 12.6 Å². The van der Waals surface area contributed by atoms with Gasteiger partial charge in [0.05, 0.1) is 23.7 Å². The molecule has 0 fully saturated rings. The number of aromatic nitrogens is 5. The highest BCUT2D eigenvalue weighted by atomic mass is 35.5. The van der Waals surface area contributed by atoms with E-state index in [9.17, 15) is 5.11 Å². The molecule has 0 aliphatic heterocycles. The van der Waals surface area contributed by atoms with Gasteiger partial charge in [-0.3, -0.25) is 4.40 Å². The third-order valence-corrected chi connectivity index (χ3v) is 8.01. The van der Waals surface area contributed by atoms with E-state index in [2.05, 4.69) is 15.2 Å². The van der Waals surface area contributed by atoms with Crippen LogP contribution >= 0.6 is 23.2 Å². The average Bonchev–Trinajstić information content (AvgIpc) is 3.63. The van der Waals surface area contributed by atoms with Crippen LogP contribution < -0.4 is 0 Å². The van der Waals surface area contributed by atoms with Crippen molar-refractivity contribution in [3.05, 3.63) is 143 Å². The van der Waals surface area contributed by atoms with Crippen molar-refractivity contribution >= 4 is 39.8 Å². The van der Waals surface area contributed by atoms with Crippen LogP contribution in [0.2, 0.25) is 10.0 Å². The van der Waals surface area contributed by atoms with E-state index in [1.807, 2.05) is 107 Å². The van der Waals surface area contributed by atoms with Crippen molar-refractivity contribution in [2.24, 2.45) is 7.05 Å². The minimum atomic E-state index is -1.51. The monoisotopic (exact) mass is 575 g/mol. The second-order valence-electron chi connectivity index (χ2n) is 9.99. The molecule has 4 aromatic carbocycles. The average molecular weight is 576 g/mol. The van der Waals surface area contributed by atoms with Crippen LogP contribution in [0.25, 0.3) is 39.1 Å². The largest absolute Gasteiger partial charge is 0.374 e. The molecule has 0 aliphatic rings. The highest BCUT2D eigenvalue weighted by Gasteiger charge is 2.37. The van der Waals surface area contributed by atoms with Gasteiger partial charge in [-0.2, -0.15) is 0 Å². The van der Waals surface area contributed by atoms with Gasteiger partial charge in [0, 0.05) is 28.0 Å². The summed E-state index contributed by atoms with van der Waals surface area (Å²) in [5.74, 6) is 0.732. The molecule has 0 aliphatic carbocycles. The SMILES string of the molecule is Cn1cncc1C(O)(c1ccc(Cl)cc1)c1ccc2c(c1)c(-c1cccc(Cl)c1)cc1nnc(-c3ccccc3)n12. The van der Waals surface area contributed by atoms with Gasteiger partial charge >= 0.3 is 0 Å². The van der Waals surface area contributed by atoms with E-state index in [1.54, 1.807) is 24.7 Å². The van der Waals surface area contributed by atoms with Gasteiger partial charge < -0.3 is 9.67 Å². The second-order valence-corrected chi connectivity index (χ2v) is 10.9. The Morgan fingerprint density at radius 1 is 0.732 bits per heavy atom. The molecule has 0 saturated heterocycles. The van der Waals surface area contributed by atoms with Crippen LogP contribution in [0.4, 0.5) is 0 Å². The number of hydrogen-bond acceptors (Lipinski definition) is 4. The normalized spacial score (nSPS) is 13.1. The Bertz CT molecular complexity index is 2050. The molecule has 6 nitrogen and oxygen atoms in total.